The molecule has 0 unspecified atom stereocenters. The van der Waals surface area contributed by atoms with Crippen molar-refractivity contribution in [1.82, 2.24) is 9.78 Å². The fraction of sp³-hybridized carbons (Fsp3) is 0.733. The predicted octanol–water partition coefficient (Wildman–Crippen LogP) is 3.65. The Morgan fingerprint density at radius 2 is 1.94 bits per heavy atom. The lowest BCUT2D eigenvalue weighted by Gasteiger charge is -2.08. The zero-order valence-electron chi connectivity index (χ0n) is 12.4. The highest BCUT2D eigenvalue weighted by Gasteiger charge is 2.18. The molecule has 18 heavy (non-hydrogen) atoms. The van der Waals surface area contributed by atoms with Crippen molar-refractivity contribution in [2.45, 2.75) is 66.8 Å². The maximum absolute atomic E-state index is 11.7. The molecule has 0 fully saturated rings. The molecule has 0 aromatic carbocycles. The maximum atomic E-state index is 11.7. The van der Waals surface area contributed by atoms with Crippen molar-refractivity contribution in [3.05, 3.63) is 17.0 Å². The normalized spacial score (nSPS) is 11.2. The third-order valence-corrected chi connectivity index (χ3v) is 3.30. The highest BCUT2D eigenvalue weighted by molar-refractivity contribution is 5.96. The van der Waals surface area contributed by atoms with E-state index in [1.165, 1.54) is 6.42 Å². The number of rotatable bonds is 7. The molecule has 3 nitrogen and oxygen atoms in total. The molecule has 102 valence electrons. The molecule has 0 atom stereocenters. The molecule has 0 aliphatic carbocycles. The second kappa shape index (κ2) is 6.72. The molecule has 0 saturated heterocycles. The second-order valence-electron chi connectivity index (χ2n) is 5.29. The van der Waals surface area contributed by atoms with Crippen LogP contribution in [0.3, 0.4) is 0 Å². The standard InChI is InChI=1S/C15H26N2O/c1-6-13-15(12(5)18)14(7-2)17(16-13)10-8-9-11(3)4/h11H,6-10H2,1-5H3. The zero-order chi connectivity index (χ0) is 13.7. The largest absolute Gasteiger partial charge is 0.294 e. The summed E-state index contributed by atoms with van der Waals surface area (Å²) in [6.45, 7) is 11.2. The maximum Gasteiger partial charge on any atom is 0.163 e. The Morgan fingerprint density at radius 3 is 2.39 bits per heavy atom. The molecule has 0 aliphatic heterocycles. The van der Waals surface area contributed by atoms with Gasteiger partial charge in [-0.2, -0.15) is 5.10 Å². The van der Waals surface area contributed by atoms with Crippen LogP contribution in [0.1, 0.15) is 69.2 Å². The van der Waals surface area contributed by atoms with E-state index in [0.29, 0.717) is 0 Å². The molecule has 0 spiro atoms. The first-order chi connectivity index (χ1) is 8.51. The molecular weight excluding hydrogens is 224 g/mol. The summed E-state index contributed by atoms with van der Waals surface area (Å²) < 4.78 is 2.05. The summed E-state index contributed by atoms with van der Waals surface area (Å²) >= 11 is 0. The second-order valence-corrected chi connectivity index (χ2v) is 5.29. The van der Waals surface area contributed by atoms with Crippen LogP contribution in [0.5, 0.6) is 0 Å². The smallest absolute Gasteiger partial charge is 0.163 e. The van der Waals surface area contributed by atoms with Crippen LogP contribution in [0.15, 0.2) is 0 Å². The summed E-state index contributed by atoms with van der Waals surface area (Å²) in [4.78, 5) is 11.7. The van der Waals surface area contributed by atoms with Crippen molar-refractivity contribution in [1.29, 1.82) is 0 Å². The summed E-state index contributed by atoms with van der Waals surface area (Å²) in [6.07, 6.45) is 4.05. The SMILES string of the molecule is CCc1nn(CCCC(C)C)c(CC)c1C(C)=O. The molecule has 1 aromatic heterocycles. The van der Waals surface area contributed by atoms with Crippen molar-refractivity contribution in [3.63, 3.8) is 0 Å². The first-order valence-electron chi connectivity index (χ1n) is 7.10. The minimum Gasteiger partial charge on any atom is -0.294 e. The predicted molar refractivity (Wildman–Crippen MR) is 75.1 cm³/mol. The molecule has 0 saturated carbocycles. The Balaban J connectivity index is 2.94. The van der Waals surface area contributed by atoms with E-state index in [2.05, 4.69) is 37.5 Å². The summed E-state index contributed by atoms with van der Waals surface area (Å²) in [5, 5.41) is 4.61. The third kappa shape index (κ3) is 3.44. The van der Waals surface area contributed by atoms with Crippen molar-refractivity contribution in [2.24, 2.45) is 5.92 Å². The van der Waals surface area contributed by atoms with Crippen molar-refractivity contribution in [3.8, 4) is 0 Å². The van der Waals surface area contributed by atoms with Gasteiger partial charge in [0.1, 0.15) is 0 Å². The number of hydrogen-bond acceptors (Lipinski definition) is 2. The minimum atomic E-state index is 0.152. The van der Waals surface area contributed by atoms with Crippen LogP contribution in [-0.4, -0.2) is 15.6 Å². The molecule has 0 radical (unpaired) electrons. The van der Waals surface area contributed by atoms with Crippen LogP contribution in [0.4, 0.5) is 0 Å². The van der Waals surface area contributed by atoms with Crippen molar-refractivity contribution >= 4 is 5.78 Å². The van der Waals surface area contributed by atoms with Gasteiger partial charge in [0.15, 0.2) is 5.78 Å². The van der Waals surface area contributed by atoms with Gasteiger partial charge in [-0.3, -0.25) is 9.48 Å². The average molecular weight is 250 g/mol. The fourth-order valence-corrected chi connectivity index (χ4v) is 2.40. The van der Waals surface area contributed by atoms with Crippen LogP contribution in [0.2, 0.25) is 0 Å². The number of carbonyl (C=O) groups excluding carboxylic acids is 1. The number of aromatic nitrogens is 2. The van der Waals surface area contributed by atoms with Gasteiger partial charge in [0.25, 0.3) is 0 Å². The van der Waals surface area contributed by atoms with E-state index in [9.17, 15) is 4.79 Å². The number of nitrogens with zero attached hydrogens (tertiary/aromatic N) is 2. The number of hydrogen-bond donors (Lipinski definition) is 0. The monoisotopic (exact) mass is 250 g/mol. The van der Waals surface area contributed by atoms with Crippen LogP contribution >= 0.6 is 0 Å². The van der Waals surface area contributed by atoms with Gasteiger partial charge in [-0.15, -0.1) is 0 Å². The van der Waals surface area contributed by atoms with E-state index < -0.39 is 0 Å². The molecule has 0 bridgehead atoms. The van der Waals surface area contributed by atoms with Crippen LogP contribution in [-0.2, 0) is 19.4 Å². The Hall–Kier alpha value is -1.12. The Morgan fingerprint density at radius 1 is 1.28 bits per heavy atom. The lowest BCUT2D eigenvalue weighted by Crippen LogP contribution is -2.07. The molecule has 0 aliphatic rings. The van der Waals surface area contributed by atoms with E-state index in [1.807, 2.05) is 0 Å². The van der Waals surface area contributed by atoms with Gasteiger partial charge in [0.2, 0.25) is 0 Å². The summed E-state index contributed by atoms with van der Waals surface area (Å²) in [5.41, 5.74) is 2.94. The summed E-state index contributed by atoms with van der Waals surface area (Å²) in [6, 6.07) is 0. The first-order valence-corrected chi connectivity index (χ1v) is 7.10. The molecular formula is C15H26N2O. The van der Waals surface area contributed by atoms with E-state index in [1.54, 1.807) is 6.92 Å². The highest BCUT2D eigenvalue weighted by Crippen LogP contribution is 2.18. The quantitative estimate of drug-likeness (QED) is 0.692. The Kier molecular flexibility index (Phi) is 5.57. The van der Waals surface area contributed by atoms with Crippen molar-refractivity contribution < 1.29 is 4.79 Å². The van der Waals surface area contributed by atoms with Crippen LogP contribution in [0, 0.1) is 5.92 Å². The Bertz CT molecular complexity index is 405. The van der Waals surface area contributed by atoms with E-state index in [0.717, 1.165) is 48.7 Å². The molecule has 3 heteroatoms. The highest BCUT2D eigenvalue weighted by atomic mass is 16.1. The van der Waals surface area contributed by atoms with Gasteiger partial charge in [-0.25, -0.2) is 0 Å². The lowest BCUT2D eigenvalue weighted by molar-refractivity contribution is 0.101. The number of aryl methyl sites for hydroxylation is 2. The first kappa shape index (κ1) is 14.9. The topological polar surface area (TPSA) is 34.9 Å². The van der Waals surface area contributed by atoms with Gasteiger partial charge in [0, 0.05) is 12.2 Å². The van der Waals surface area contributed by atoms with Gasteiger partial charge in [0.05, 0.1) is 11.3 Å². The minimum absolute atomic E-state index is 0.152. The van der Waals surface area contributed by atoms with Gasteiger partial charge in [-0.1, -0.05) is 27.7 Å². The summed E-state index contributed by atoms with van der Waals surface area (Å²) in [7, 11) is 0. The summed E-state index contributed by atoms with van der Waals surface area (Å²) in [5.74, 6) is 0.877. The molecule has 1 rings (SSSR count). The van der Waals surface area contributed by atoms with Crippen LogP contribution in [0.25, 0.3) is 0 Å². The molecule has 1 aromatic rings. The zero-order valence-corrected chi connectivity index (χ0v) is 12.4. The molecule has 0 N–H and O–H groups in total. The van der Waals surface area contributed by atoms with Crippen molar-refractivity contribution in [2.75, 3.05) is 0 Å². The van der Waals surface area contributed by atoms with Crippen LogP contribution < -0.4 is 0 Å². The van der Waals surface area contributed by atoms with E-state index >= 15 is 0 Å². The third-order valence-electron chi connectivity index (χ3n) is 3.30. The Labute approximate surface area is 111 Å². The van der Waals surface area contributed by atoms with Gasteiger partial charge in [-0.05, 0) is 38.5 Å². The van der Waals surface area contributed by atoms with Gasteiger partial charge >= 0.3 is 0 Å². The number of ketones is 1. The number of Topliss-reactive ketones (excluding diaryl/α,β-unsaturated/α-hetero) is 1. The number of carbonyl (C=O) groups is 1. The molecule has 1 heterocycles. The lowest BCUT2D eigenvalue weighted by atomic mass is 10.1. The van der Waals surface area contributed by atoms with E-state index in [4.69, 9.17) is 0 Å². The average Bonchev–Trinajstić information content (AvgIpc) is 2.66. The van der Waals surface area contributed by atoms with Gasteiger partial charge < -0.3 is 0 Å². The van der Waals surface area contributed by atoms with E-state index in [-0.39, 0.29) is 5.78 Å². The fourth-order valence-electron chi connectivity index (χ4n) is 2.40. The molecule has 0 amide bonds.